The molecule has 0 saturated heterocycles. The molecular formula is C8H12N2S. The Morgan fingerprint density at radius 1 is 1.45 bits per heavy atom. The molecule has 3 N–H and O–H groups in total. The molecule has 0 fully saturated rings. The maximum Gasteiger partial charge on any atom is 0.0675 e. The van der Waals surface area contributed by atoms with E-state index in [2.05, 4.69) is 4.72 Å². The standard InChI is InChI=1S/C8H12N2S/c1-6-3-4-7(9)8(5-6)10-11-2/h3-5,10H,9H2,1-2H3. The smallest absolute Gasteiger partial charge is 0.0675 e. The third-order valence-electron chi connectivity index (χ3n) is 1.42. The van der Waals surface area contributed by atoms with Crippen LogP contribution in [-0.2, 0) is 0 Å². The van der Waals surface area contributed by atoms with Gasteiger partial charge < -0.3 is 10.5 Å². The lowest BCUT2D eigenvalue weighted by atomic mass is 10.2. The predicted octanol–water partition coefficient (Wildman–Crippen LogP) is 2.27. The molecule has 0 aliphatic heterocycles. The summed E-state index contributed by atoms with van der Waals surface area (Å²) < 4.78 is 3.11. The highest BCUT2D eigenvalue weighted by Crippen LogP contribution is 2.21. The number of hydrogen-bond donors (Lipinski definition) is 2. The van der Waals surface area contributed by atoms with Gasteiger partial charge >= 0.3 is 0 Å². The molecule has 0 aliphatic carbocycles. The van der Waals surface area contributed by atoms with Crippen LogP contribution in [0.15, 0.2) is 18.2 Å². The Balaban J connectivity index is 2.93. The van der Waals surface area contributed by atoms with E-state index in [0.717, 1.165) is 11.4 Å². The summed E-state index contributed by atoms with van der Waals surface area (Å²) >= 11 is 1.55. The first-order chi connectivity index (χ1) is 5.24. The predicted molar refractivity (Wildman–Crippen MR) is 52.7 cm³/mol. The van der Waals surface area contributed by atoms with Gasteiger partial charge in [-0.1, -0.05) is 18.0 Å². The van der Waals surface area contributed by atoms with Gasteiger partial charge in [0.05, 0.1) is 11.4 Å². The van der Waals surface area contributed by atoms with Crippen molar-refractivity contribution in [2.45, 2.75) is 6.92 Å². The van der Waals surface area contributed by atoms with Gasteiger partial charge in [-0.25, -0.2) is 0 Å². The molecule has 3 heteroatoms. The second-order valence-corrected chi connectivity index (χ2v) is 3.01. The molecule has 1 aromatic carbocycles. The van der Waals surface area contributed by atoms with Crippen LogP contribution in [0.5, 0.6) is 0 Å². The van der Waals surface area contributed by atoms with Gasteiger partial charge in [-0.3, -0.25) is 0 Å². The van der Waals surface area contributed by atoms with Crippen LogP contribution in [0.2, 0.25) is 0 Å². The zero-order valence-electron chi connectivity index (χ0n) is 6.72. The first-order valence-corrected chi connectivity index (χ1v) is 4.61. The Bertz CT molecular complexity index is 248. The molecule has 1 aromatic rings. The van der Waals surface area contributed by atoms with Crippen LogP contribution in [0.25, 0.3) is 0 Å². The molecule has 1 rings (SSSR count). The van der Waals surface area contributed by atoms with Gasteiger partial charge in [0.25, 0.3) is 0 Å². The summed E-state index contributed by atoms with van der Waals surface area (Å²) in [6.45, 7) is 2.05. The number of nitrogens with one attached hydrogen (secondary N) is 1. The number of aryl methyl sites for hydroxylation is 1. The number of nitrogen functional groups attached to an aromatic ring is 1. The first-order valence-electron chi connectivity index (χ1n) is 3.39. The van der Waals surface area contributed by atoms with Gasteiger partial charge in [0.15, 0.2) is 0 Å². The molecule has 11 heavy (non-hydrogen) atoms. The molecule has 0 bridgehead atoms. The van der Waals surface area contributed by atoms with Crippen LogP contribution in [0, 0.1) is 6.92 Å². The highest BCUT2D eigenvalue weighted by Gasteiger charge is 1.95. The van der Waals surface area contributed by atoms with Crippen molar-refractivity contribution in [3.8, 4) is 0 Å². The monoisotopic (exact) mass is 168 g/mol. The van der Waals surface area contributed by atoms with Gasteiger partial charge in [-0.05, 0) is 24.6 Å². The third-order valence-corrected chi connectivity index (χ3v) is 1.84. The maximum atomic E-state index is 5.70. The Morgan fingerprint density at radius 3 is 2.82 bits per heavy atom. The van der Waals surface area contributed by atoms with E-state index in [1.807, 2.05) is 31.4 Å². The fourth-order valence-corrected chi connectivity index (χ4v) is 1.27. The first kappa shape index (κ1) is 8.27. The van der Waals surface area contributed by atoms with Crippen LogP contribution in [0.1, 0.15) is 5.56 Å². The normalized spacial score (nSPS) is 9.64. The zero-order valence-corrected chi connectivity index (χ0v) is 7.53. The number of anilines is 2. The summed E-state index contributed by atoms with van der Waals surface area (Å²) in [4.78, 5) is 0. The molecule has 0 radical (unpaired) electrons. The van der Waals surface area contributed by atoms with Crippen LogP contribution >= 0.6 is 11.9 Å². The number of hydrogen-bond acceptors (Lipinski definition) is 3. The fourth-order valence-electron chi connectivity index (χ4n) is 0.868. The van der Waals surface area contributed by atoms with Crippen molar-refractivity contribution in [2.24, 2.45) is 0 Å². The minimum atomic E-state index is 0.796. The van der Waals surface area contributed by atoms with Crippen LogP contribution < -0.4 is 10.5 Å². The quantitative estimate of drug-likeness (QED) is 0.525. The molecule has 60 valence electrons. The third kappa shape index (κ3) is 2.05. The minimum Gasteiger partial charge on any atom is -0.397 e. The number of nitrogens with two attached hydrogens (primary N) is 1. The van der Waals surface area contributed by atoms with E-state index in [1.165, 1.54) is 5.56 Å². The Labute approximate surface area is 71.3 Å². The maximum absolute atomic E-state index is 5.70. The second kappa shape index (κ2) is 3.53. The van der Waals surface area contributed by atoms with Crippen molar-refractivity contribution in [3.05, 3.63) is 23.8 Å². The SMILES string of the molecule is CSNc1cc(C)ccc1N. The van der Waals surface area contributed by atoms with E-state index >= 15 is 0 Å². The Morgan fingerprint density at radius 2 is 2.18 bits per heavy atom. The molecule has 0 atom stereocenters. The fraction of sp³-hybridized carbons (Fsp3) is 0.250. The van der Waals surface area contributed by atoms with Gasteiger partial charge in [0, 0.05) is 6.26 Å². The van der Waals surface area contributed by atoms with Crippen molar-refractivity contribution in [1.29, 1.82) is 0 Å². The van der Waals surface area contributed by atoms with E-state index in [9.17, 15) is 0 Å². The van der Waals surface area contributed by atoms with Crippen molar-refractivity contribution < 1.29 is 0 Å². The summed E-state index contributed by atoms with van der Waals surface area (Å²) in [6.07, 6.45) is 1.97. The van der Waals surface area contributed by atoms with Gasteiger partial charge in [0.1, 0.15) is 0 Å². The van der Waals surface area contributed by atoms with Crippen molar-refractivity contribution in [3.63, 3.8) is 0 Å². The highest BCUT2D eigenvalue weighted by molar-refractivity contribution is 7.99. The van der Waals surface area contributed by atoms with Gasteiger partial charge in [-0.15, -0.1) is 0 Å². The summed E-state index contributed by atoms with van der Waals surface area (Å²) in [5.74, 6) is 0. The molecule has 2 nitrogen and oxygen atoms in total. The average molecular weight is 168 g/mol. The number of rotatable bonds is 2. The number of benzene rings is 1. The van der Waals surface area contributed by atoms with Crippen LogP contribution in [-0.4, -0.2) is 6.26 Å². The topological polar surface area (TPSA) is 38.0 Å². The Kier molecular flexibility index (Phi) is 2.65. The lowest BCUT2D eigenvalue weighted by molar-refractivity contribution is 1.47. The molecule has 0 unspecified atom stereocenters. The minimum absolute atomic E-state index is 0.796. The molecule has 0 saturated carbocycles. The van der Waals surface area contributed by atoms with Crippen LogP contribution in [0.3, 0.4) is 0 Å². The van der Waals surface area contributed by atoms with E-state index in [4.69, 9.17) is 5.73 Å². The van der Waals surface area contributed by atoms with E-state index in [-0.39, 0.29) is 0 Å². The molecule has 0 amide bonds. The molecule has 0 aromatic heterocycles. The summed E-state index contributed by atoms with van der Waals surface area (Å²) in [5, 5.41) is 0. The highest BCUT2D eigenvalue weighted by atomic mass is 32.2. The second-order valence-electron chi connectivity index (χ2n) is 2.40. The van der Waals surface area contributed by atoms with Crippen molar-refractivity contribution in [1.82, 2.24) is 0 Å². The molecule has 0 spiro atoms. The lowest BCUT2D eigenvalue weighted by Crippen LogP contribution is -1.93. The molecular weight excluding hydrogens is 156 g/mol. The summed E-state index contributed by atoms with van der Waals surface area (Å²) in [7, 11) is 0. The van der Waals surface area contributed by atoms with Gasteiger partial charge in [-0.2, -0.15) is 0 Å². The van der Waals surface area contributed by atoms with Crippen molar-refractivity contribution >= 4 is 23.3 Å². The molecule has 0 heterocycles. The van der Waals surface area contributed by atoms with E-state index in [0.29, 0.717) is 0 Å². The summed E-state index contributed by atoms with van der Waals surface area (Å²) in [5.41, 5.74) is 8.71. The van der Waals surface area contributed by atoms with E-state index in [1.54, 1.807) is 11.9 Å². The van der Waals surface area contributed by atoms with Gasteiger partial charge in [0.2, 0.25) is 0 Å². The van der Waals surface area contributed by atoms with E-state index < -0.39 is 0 Å². The average Bonchev–Trinajstić information content (AvgIpc) is 1.98. The summed E-state index contributed by atoms with van der Waals surface area (Å²) in [6, 6.07) is 5.94. The lowest BCUT2D eigenvalue weighted by Gasteiger charge is -2.06. The van der Waals surface area contributed by atoms with Crippen molar-refractivity contribution in [2.75, 3.05) is 16.7 Å². The zero-order chi connectivity index (χ0) is 8.27. The largest absolute Gasteiger partial charge is 0.397 e. The Hall–Kier alpha value is -0.830. The molecule has 0 aliphatic rings. The van der Waals surface area contributed by atoms with Crippen LogP contribution in [0.4, 0.5) is 11.4 Å².